The van der Waals surface area contributed by atoms with Crippen LogP contribution >= 0.6 is 0 Å². The van der Waals surface area contributed by atoms with Gasteiger partial charge in [-0.2, -0.15) is 4.39 Å². The van der Waals surface area contributed by atoms with Gasteiger partial charge in [0.05, 0.1) is 19.3 Å². The molecule has 0 bridgehead atoms. The summed E-state index contributed by atoms with van der Waals surface area (Å²) in [5, 5.41) is 0. The van der Waals surface area contributed by atoms with E-state index in [1.54, 1.807) is 13.0 Å². The van der Waals surface area contributed by atoms with Crippen molar-refractivity contribution >= 4 is 0 Å². The third-order valence-corrected chi connectivity index (χ3v) is 8.45. The van der Waals surface area contributed by atoms with E-state index in [9.17, 15) is 8.78 Å². The first-order valence-electron chi connectivity index (χ1n) is 14.1. The number of hydrogen-bond acceptors (Lipinski definition) is 2. The average Bonchev–Trinajstić information content (AvgIpc) is 2.97. The lowest BCUT2D eigenvalue weighted by molar-refractivity contribution is -0.0149. The van der Waals surface area contributed by atoms with E-state index < -0.39 is 11.6 Å². The molecule has 1 aliphatic carbocycles. The predicted octanol–water partition coefficient (Wildman–Crippen LogP) is 9.34. The first kappa shape index (κ1) is 26.6. The van der Waals surface area contributed by atoms with Crippen molar-refractivity contribution < 1.29 is 18.3 Å². The largest absolute Gasteiger partial charge is 0.491 e. The minimum Gasteiger partial charge on any atom is -0.491 e. The number of rotatable bonds is 7. The molecular weight excluding hydrogens is 478 g/mol. The van der Waals surface area contributed by atoms with Crippen LogP contribution < -0.4 is 4.74 Å². The van der Waals surface area contributed by atoms with Gasteiger partial charge in [-0.15, -0.1) is 0 Å². The van der Waals surface area contributed by atoms with Gasteiger partial charge in [-0.25, -0.2) is 4.39 Å². The van der Waals surface area contributed by atoms with Gasteiger partial charge in [0.15, 0.2) is 11.6 Å². The lowest BCUT2D eigenvalue weighted by Gasteiger charge is -2.37. The zero-order valence-electron chi connectivity index (χ0n) is 22.5. The van der Waals surface area contributed by atoms with Crippen LogP contribution in [-0.4, -0.2) is 19.3 Å². The van der Waals surface area contributed by atoms with E-state index >= 15 is 0 Å². The van der Waals surface area contributed by atoms with Gasteiger partial charge in [-0.3, -0.25) is 0 Å². The Morgan fingerprint density at radius 1 is 0.763 bits per heavy atom. The summed E-state index contributed by atoms with van der Waals surface area (Å²) in [5.74, 6) is 0.264. The fraction of sp³-hybridized carbons (Fsp3) is 0.412. The smallest absolute Gasteiger partial charge is 0.201 e. The molecule has 4 heteroatoms. The summed E-state index contributed by atoms with van der Waals surface area (Å²) >= 11 is 0. The number of benzene rings is 3. The second-order valence-electron chi connectivity index (χ2n) is 10.7. The van der Waals surface area contributed by atoms with Gasteiger partial charge in [-0.05, 0) is 105 Å². The minimum absolute atomic E-state index is 0.0554. The lowest BCUT2D eigenvalue weighted by atomic mass is 9.72. The molecule has 5 rings (SSSR count). The Morgan fingerprint density at radius 2 is 1.39 bits per heavy atom. The van der Waals surface area contributed by atoms with Crippen molar-refractivity contribution in [3.05, 3.63) is 90.0 Å². The van der Waals surface area contributed by atoms with Crippen LogP contribution in [-0.2, 0) is 4.74 Å². The number of halogens is 2. The normalized spacial score (nSPS) is 24.0. The Morgan fingerprint density at radius 3 is 2.00 bits per heavy atom. The summed E-state index contributed by atoms with van der Waals surface area (Å²) < 4.78 is 40.2. The Hall–Kier alpha value is -2.98. The van der Waals surface area contributed by atoms with Crippen LogP contribution in [0.4, 0.5) is 8.78 Å². The molecule has 200 valence electrons. The second-order valence-corrected chi connectivity index (χ2v) is 10.7. The molecule has 38 heavy (non-hydrogen) atoms. The van der Waals surface area contributed by atoms with E-state index in [0.29, 0.717) is 17.6 Å². The fourth-order valence-corrected chi connectivity index (χ4v) is 6.27. The summed E-state index contributed by atoms with van der Waals surface area (Å²) in [6.45, 7) is 5.01. The Labute approximate surface area is 225 Å². The summed E-state index contributed by atoms with van der Waals surface area (Å²) in [7, 11) is 0. The van der Waals surface area contributed by atoms with Crippen molar-refractivity contribution in [2.24, 2.45) is 11.8 Å². The molecule has 0 radical (unpaired) electrons. The Kier molecular flexibility index (Phi) is 8.58. The molecule has 2 atom stereocenters. The maximum Gasteiger partial charge on any atom is 0.201 e. The highest BCUT2D eigenvalue weighted by atomic mass is 19.2. The second kappa shape index (κ2) is 12.3. The molecule has 3 aromatic carbocycles. The summed E-state index contributed by atoms with van der Waals surface area (Å²) in [5.41, 5.74) is 4.48. The lowest BCUT2D eigenvalue weighted by Crippen LogP contribution is -2.31. The zero-order chi connectivity index (χ0) is 26.5. The van der Waals surface area contributed by atoms with Crippen LogP contribution in [0.25, 0.3) is 22.3 Å². The molecule has 0 aromatic heterocycles. The standard InChI is InChI=1S/C34H38F2O2/c1-3-5-30-19-18-29(22-38-30)27-12-10-25(11-13-27)23-6-8-24(9-7-23)26-14-16-28(17-15-26)31-20-21-32(37-4-2)34(36)33(31)35/h3,5-9,14-17,20-21,25,27,29-30H,4,10-13,18-19,22H2,1-2H3/b5-3+. The van der Waals surface area contributed by atoms with Crippen molar-refractivity contribution in [1.29, 1.82) is 0 Å². The first-order valence-corrected chi connectivity index (χ1v) is 14.1. The average molecular weight is 517 g/mol. The molecule has 3 aromatic rings. The maximum absolute atomic E-state index is 14.6. The van der Waals surface area contributed by atoms with E-state index in [-0.39, 0.29) is 17.9 Å². The molecule has 1 heterocycles. The van der Waals surface area contributed by atoms with Gasteiger partial charge in [0, 0.05) is 5.56 Å². The number of ether oxygens (including phenoxy) is 2. The van der Waals surface area contributed by atoms with Gasteiger partial charge in [-0.1, -0.05) is 60.7 Å². The van der Waals surface area contributed by atoms with E-state index in [4.69, 9.17) is 9.47 Å². The molecular formula is C34H38F2O2. The number of hydrogen-bond donors (Lipinski definition) is 0. The Bertz CT molecular complexity index is 1220. The highest BCUT2D eigenvalue weighted by molar-refractivity contribution is 5.71. The highest BCUT2D eigenvalue weighted by Gasteiger charge is 2.31. The van der Waals surface area contributed by atoms with Crippen molar-refractivity contribution in [2.75, 3.05) is 13.2 Å². The maximum atomic E-state index is 14.6. The van der Waals surface area contributed by atoms with Gasteiger partial charge < -0.3 is 9.47 Å². The number of allylic oxidation sites excluding steroid dienone is 1. The van der Waals surface area contributed by atoms with Crippen molar-refractivity contribution in [1.82, 2.24) is 0 Å². The van der Waals surface area contributed by atoms with Crippen LogP contribution in [0, 0.1) is 23.5 Å². The van der Waals surface area contributed by atoms with E-state index in [1.165, 1.54) is 43.7 Å². The van der Waals surface area contributed by atoms with E-state index in [1.807, 2.05) is 24.3 Å². The monoisotopic (exact) mass is 516 g/mol. The topological polar surface area (TPSA) is 18.5 Å². The van der Waals surface area contributed by atoms with Gasteiger partial charge >= 0.3 is 0 Å². The third-order valence-electron chi connectivity index (χ3n) is 8.45. The molecule has 1 aliphatic heterocycles. The van der Waals surface area contributed by atoms with Gasteiger partial charge in [0.25, 0.3) is 0 Å². The quantitative estimate of drug-likeness (QED) is 0.291. The molecule has 1 saturated carbocycles. The molecule has 2 aliphatic rings. The van der Waals surface area contributed by atoms with Crippen molar-refractivity contribution in [3.63, 3.8) is 0 Å². The molecule has 2 fully saturated rings. The third kappa shape index (κ3) is 5.86. The minimum atomic E-state index is -0.942. The van der Waals surface area contributed by atoms with Crippen LogP contribution in [0.15, 0.2) is 72.8 Å². The first-order chi connectivity index (χ1) is 18.6. The van der Waals surface area contributed by atoms with Crippen molar-refractivity contribution in [2.45, 2.75) is 64.4 Å². The van der Waals surface area contributed by atoms with Gasteiger partial charge in [0.1, 0.15) is 0 Å². The van der Waals surface area contributed by atoms with E-state index in [2.05, 4.69) is 43.3 Å². The van der Waals surface area contributed by atoms with Crippen LogP contribution in [0.1, 0.15) is 63.9 Å². The van der Waals surface area contributed by atoms with Crippen molar-refractivity contribution in [3.8, 4) is 28.0 Å². The fourth-order valence-electron chi connectivity index (χ4n) is 6.27. The van der Waals surface area contributed by atoms with E-state index in [0.717, 1.165) is 36.0 Å². The summed E-state index contributed by atoms with van der Waals surface area (Å²) in [4.78, 5) is 0. The molecule has 1 saturated heterocycles. The van der Waals surface area contributed by atoms with Crippen LogP contribution in [0.3, 0.4) is 0 Å². The zero-order valence-corrected chi connectivity index (χ0v) is 22.5. The molecule has 0 N–H and O–H groups in total. The predicted molar refractivity (Wildman–Crippen MR) is 150 cm³/mol. The Balaban J connectivity index is 1.19. The molecule has 0 amide bonds. The summed E-state index contributed by atoms with van der Waals surface area (Å²) in [6.07, 6.45) is 12.1. The SMILES string of the molecule is C/C=C/C1CCC(C2CCC(c3ccc(-c4ccc(-c5ccc(OCC)c(F)c5F)cc4)cc3)CC2)CO1. The highest BCUT2D eigenvalue weighted by Crippen LogP contribution is 2.42. The molecule has 2 nitrogen and oxygen atoms in total. The van der Waals surface area contributed by atoms with Crippen LogP contribution in [0.5, 0.6) is 5.75 Å². The van der Waals surface area contributed by atoms with Crippen LogP contribution in [0.2, 0.25) is 0 Å². The summed E-state index contributed by atoms with van der Waals surface area (Å²) in [6, 6.07) is 19.6. The molecule has 2 unspecified atom stereocenters. The molecule has 0 spiro atoms. The van der Waals surface area contributed by atoms with Gasteiger partial charge in [0.2, 0.25) is 5.82 Å².